The number of fused-ring (bicyclic) bond motifs is 1. The van der Waals surface area contributed by atoms with Gasteiger partial charge < -0.3 is 19.8 Å². The lowest BCUT2D eigenvalue weighted by Gasteiger charge is -2.18. The van der Waals surface area contributed by atoms with Gasteiger partial charge in [-0.05, 0) is 18.9 Å². The van der Waals surface area contributed by atoms with E-state index >= 15 is 0 Å². The van der Waals surface area contributed by atoms with Crippen molar-refractivity contribution in [2.45, 2.75) is 39.0 Å². The summed E-state index contributed by atoms with van der Waals surface area (Å²) in [6, 6.07) is 8.05. The lowest BCUT2D eigenvalue weighted by molar-refractivity contribution is -0.146. The summed E-state index contributed by atoms with van der Waals surface area (Å²) in [7, 11) is 0. The summed E-state index contributed by atoms with van der Waals surface area (Å²) in [5.74, 6) is -0.796. The molecule has 0 fully saturated rings. The van der Waals surface area contributed by atoms with Crippen LogP contribution in [0.5, 0.6) is 0 Å². The number of aromatic nitrogens is 4. The zero-order valence-electron chi connectivity index (χ0n) is 18.3. The molecule has 10 heteroatoms. The summed E-state index contributed by atoms with van der Waals surface area (Å²) in [4.78, 5) is 35.5. The van der Waals surface area contributed by atoms with Crippen LogP contribution in [-0.4, -0.2) is 44.7 Å². The molecule has 0 saturated carbocycles. The van der Waals surface area contributed by atoms with E-state index in [0.29, 0.717) is 24.3 Å². The number of hydrogen-bond acceptors (Lipinski definition) is 9. The van der Waals surface area contributed by atoms with Crippen molar-refractivity contribution in [3.63, 3.8) is 0 Å². The van der Waals surface area contributed by atoms with Gasteiger partial charge in [-0.1, -0.05) is 29.8 Å². The van der Waals surface area contributed by atoms with Crippen molar-refractivity contribution in [2.24, 2.45) is 5.92 Å². The van der Waals surface area contributed by atoms with Gasteiger partial charge in [0, 0.05) is 26.3 Å². The van der Waals surface area contributed by atoms with Gasteiger partial charge in [-0.2, -0.15) is 17.6 Å². The first kappa shape index (κ1) is 23.5. The van der Waals surface area contributed by atoms with Gasteiger partial charge in [-0.15, -0.1) is 0 Å². The maximum absolute atomic E-state index is 11.2. The molecule has 0 spiro atoms. The van der Waals surface area contributed by atoms with Crippen molar-refractivity contribution >= 4 is 41.7 Å². The highest BCUT2D eigenvalue weighted by molar-refractivity contribution is 7.80. The van der Waals surface area contributed by atoms with Crippen LogP contribution in [0, 0.1) is 12.8 Å². The second-order valence-corrected chi connectivity index (χ2v) is 8.17. The van der Waals surface area contributed by atoms with E-state index in [4.69, 9.17) is 27.8 Å². The predicted octanol–water partition coefficient (Wildman–Crippen LogP) is 2.87. The number of anilines is 1. The van der Waals surface area contributed by atoms with Gasteiger partial charge in [0.2, 0.25) is 5.95 Å². The van der Waals surface area contributed by atoms with Gasteiger partial charge in [0.05, 0.1) is 30.5 Å². The molecule has 0 aliphatic carbocycles. The molecule has 0 aliphatic rings. The molecular formula is C22H27N5O4S. The van der Waals surface area contributed by atoms with Crippen molar-refractivity contribution in [1.82, 2.24) is 19.5 Å². The van der Waals surface area contributed by atoms with E-state index in [9.17, 15) is 9.59 Å². The topological polar surface area (TPSA) is 122 Å². The Morgan fingerprint density at radius 1 is 1.09 bits per heavy atom. The monoisotopic (exact) mass is 457 g/mol. The predicted molar refractivity (Wildman–Crippen MR) is 123 cm³/mol. The summed E-state index contributed by atoms with van der Waals surface area (Å²) >= 11 is 4.81. The Labute approximate surface area is 191 Å². The van der Waals surface area contributed by atoms with Crippen LogP contribution in [-0.2, 0) is 25.6 Å². The molecule has 0 bridgehead atoms. The third-order valence-corrected chi connectivity index (χ3v) is 5.53. The number of rotatable bonds is 9. The number of esters is 2. The molecule has 9 nitrogen and oxygen atoms in total. The fraction of sp³-hybridized carbons (Fsp3) is 0.409. The van der Waals surface area contributed by atoms with E-state index in [2.05, 4.69) is 15.0 Å². The van der Waals surface area contributed by atoms with Crippen LogP contribution in [0.1, 0.15) is 42.3 Å². The highest BCUT2D eigenvalue weighted by atomic mass is 32.1. The molecule has 1 atom stereocenters. The number of imidazole rings is 1. The van der Waals surface area contributed by atoms with E-state index in [1.54, 1.807) is 6.33 Å². The van der Waals surface area contributed by atoms with Crippen molar-refractivity contribution in [1.29, 1.82) is 0 Å². The first-order valence-electron chi connectivity index (χ1n) is 10.2. The summed E-state index contributed by atoms with van der Waals surface area (Å²) < 4.78 is 12.2. The van der Waals surface area contributed by atoms with Crippen molar-refractivity contribution < 1.29 is 19.1 Å². The van der Waals surface area contributed by atoms with E-state index in [1.165, 1.54) is 13.8 Å². The number of ether oxygens (including phenoxy) is 2. The minimum absolute atomic E-state index is 0.131. The molecule has 0 aliphatic heterocycles. The maximum atomic E-state index is 11.2. The molecule has 170 valence electrons. The molecule has 2 heterocycles. The number of nitrogen functional groups attached to an aromatic ring is 1. The Morgan fingerprint density at radius 3 is 2.31 bits per heavy atom. The molecule has 1 aromatic carbocycles. The lowest BCUT2D eigenvalue weighted by atomic mass is 10.1. The maximum Gasteiger partial charge on any atom is 0.302 e. The fourth-order valence-electron chi connectivity index (χ4n) is 3.30. The summed E-state index contributed by atoms with van der Waals surface area (Å²) in [6.45, 7) is 5.55. The van der Waals surface area contributed by atoms with Crippen LogP contribution in [0.25, 0.3) is 11.2 Å². The zero-order valence-corrected chi connectivity index (χ0v) is 19.2. The Kier molecular flexibility index (Phi) is 7.68. The molecule has 0 amide bonds. The third kappa shape index (κ3) is 5.97. The van der Waals surface area contributed by atoms with Crippen LogP contribution >= 0.6 is 12.6 Å². The number of carbonyl (C=O) groups excluding carboxylic acids is 2. The van der Waals surface area contributed by atoms with Gasteiger partial charge in [0.15, 0.2) is 5.65 Å². The van der Waals surface area contributed by atoms with E-state index in [1.807, 2.05) is 35.8 Å². The van der Waals surface area contributed by atoms with Crippen LogP contribution in [0.4, 0.5) is 5.95 Å². The smallest absolute Gasteiger partial charge is 0.302 e. The number of thiol groups is 1. The molecule has 0 saturated heterocycles. The number of benzene rings is 1. The van der Waals surface area contributed by atoms with Crippen LogP contribution < -0.4 is 5.73 Å². The van der Waals surface area contributed by atoms with Crippen LogP contribution in [0.2, 0.25) is 0 Å². The van der Waals surface area contributed by atoms with Gasteiger partial charge >= 0.3 is 11.9 Å². The number of aryl methyl sites for hydroxylation is 2. The average Bonchev–Trinajstić information content (AvgIpc) is 3.15. The third-order valence-electron chi connectivity index (χ3n) is 4.99. The summed E-state index contributed by atoms with van der Waals surface area (Å²) in [6.07, 6.45) is 2.25. The highest BCUT2D eigenvalue weighted by Crippen LogP contribution is 2.32. The number of hydrogen-bond donors (Lipinski definition) is 2. The number of carbonyl (C=O) groups is 2. The standard InChI is InChI=1S/C22H27N5O4S/c1-13-4-6-17(7-5-13)20(32)18-19-21(26-22(23)25-18)24-12-27(19)9-8-16(10-30-14(2)28)11-31-15(3)29/h4-7,12,16,20,32H,8-11H2,1-3H3,(H2,23,25,26). The highest BCUT2D eigenvalue weighted by Gasteiger charge is 2.21. The van der Waals surface area contributed by atoms with Gasteiger partial charge in [0.25, 0.3) is 0 Å². The second kappa shape index (κ2) is 10.4. The Morgan fingerprint density at radius 2 is 1.72 bits per heavy atom. The quantitative estimate of drug-likeness (QED) is 0.371. The summed E-state index contributed by atoms with van der Waals surface area (Å²) in [5, 5.41) is -0.322. The van der Waals surface area contributed by atoms with Gasteiger partial charge in [0.1, 0.15) is 5.52 Å². The van der Waals surface area contributed by atoms with Crippen molar-refractivity contribution in [3.8, 4) is 0 Å². The van der Waals surface area contributed by atoms with Crippen molar-refractivity contribution in [2.75, 3.05) is 18.9 Å². The minimum Gasteiger partial charge on any atom is -0.465 e. The number of nitrogens with two attached hydrogens (primary N) is 1. The summed E-state index contributed by atoms with van der Waals surface area (Å²) in [5.41, 5.74) is 9.94. The van der Waals surface area contributed by atoms with Gasteiger partial charge in [-0.3, -0.25) is 9.59 Å². The Hall–Kier alpha value is -3.14. The SMILES string of the molecule is CC(=O)OCC(CCn1cnc2nc(N)nc(C(S)c3ccc(C)cc3)c21)COC(C)=O. The molecule has 2 N–H and O–H groups in total. The molecular weight excluding hydrogens is 430 g/mol. The zero-order chi connectivity index (χ0) is 23.3. The first-order valence-corrected chi connectivity index (χ1v) is 10.8. The molecule has 0 radical (unpaired) electrons. The molecule has 2 aromatic heterocycles. The number of nitrogens with zero attached hydrogens (tertiary/aromatic N) is 4. The van der Waals surface area contributed by atoms with E-state index in [-0.39, 0.29) is 42.3 Å². The van der Waals surface area contributed by atoms with E-state index < -0.39 is 0 Å². The Bertz CT molecular complexity index is 1080. The normalized spacial score (nSPS) is 12.2. The molecule has 3 rings (SSSR count). The first-order chi connectivity index (χ1) is 15.2. The van der Waals surface area contributed by atoms with E-state index in [0.717, 1.165) is 16.6 Å². The van der Waals surface area contributed by atoms with Crippen LogP contribution in [0.15, 0.2) is 30.6 Å². The molecule has 1 unspecified atom stereocenters. The lowest BCUT2D eigenvalue weighted by Crippen LogP contribution is -2.21. The Balaban J connectivity index is 1.87. The molecule has 32 heavy (non-hydrogen) atoms. The van der Waals surface area contributed by atoms with Gasteiger partial charge in [-0.25, -0.2) is 9.97 Å². The largest absolute Gasteiger partial charge is 0.465 e. The van der Waals surface area contributed by atoms with Crippen LogP contribution in [0.3, 0.4) is 0 Å². The molecule has 3 aromatic rings. The average molecular weight is 458 g/mol. The fourth-order valence-corrected chi connectivity index (χ4v) is 3.65. The second-order valence-electron chi connectivity index (χ2n) is 7.65. The minimum atomic E-state index is -0.381. The van der Waals surface area contributed by atoms with Crippen molar-refractivity contribution in [3.05, 3.63) is 47.4 Å².